The van der Waals surface area contributed by atoms with Gasteiger partial charge in [0.15, 0.2) is 5.15 Å². The number of aromatic nitrogens is 2. The van der Waals surface area contributed by atoms with E-state index in [0.29, 0.717) is 12.1 Å². The Hall–Kier alpha value is -1.67. The fraction of sp³-hybridized carbons (Fsp3) is 0.267. The lowest BCUT2D eigenvalue weighted by molar-refractivity contribution is 0.271. The van der Waals surface area contributed by atoms with E-state index in [1.54, 1.807) is 0 Å². The summed E-state index contributed by atoms with van der Waals surface area (Å²) < 4.78 is 0. The number of hydrogen-bond donors (Lipinski definition) is 1. The van der Waals surface area contributed by atoms with Crippen molar-refractivity contribution in [2.45, 2.75) is 18.3 Å². The molecule has 0 aliphatic rings. The Morgan fingerprint density at radius 3 is 2.52 bits per heavy atom. The van der Waals surface area contributed by atoms with E-state index in [4.69, 9.17) is 23.2 Å². The van der Waals surface area contributed by atoms with E-state index in [1.807, 2.05) is 30.3 Å². The fourth-order valence-corrected chi connectivity index (χ4v) is 2.72. The molecule has 108 valence electrons. The maximum atomic E-state index is 9.53. The van der Waals surface area contributed by atoms with Gasteiger partial charge in [0.1, 0.15) is 5.15 Å². The largest absolute Gasteiger partial charge is 0.396 e. The molecule has 0 saturated heterocycles. The minimum Gasteiger partial charge on any atom is -0.396 e. The minimum absolute atomic E-state index is 0.0731. The minimum atomic E-state index is -0.466. The van der Waals surface area contributed by atoms with Gasteiger partial charge in [-0.3, -0.25) is 4.98 Å². The van der Waals surface area contributed by atoms with Gasteiger partial charge in [-0.2, -0.15) is 5.26 Å². The third-order valence-corrected chi connectivity index (χ3v) is 3.68. The van der Waals surface area contributed by atoms with E-state index in [1.165, 1.54) is 6.20 Å². The van der Waals surface area contributed by atoms with Crippen LogP contribution in [0.4, 0.5) is 0 Å². The molecule has 1 aromatic carbocycles. The Bertz CT molecular complexity index is 643. The van der Waals surface area contributed by atoms with Crippen LogP contribution in [-0.4, -0.2) is 21.7 Å². The van der Waals surface area contributed by atoms with Gasteiger partial charge in [0.2, 0.25) is 0 Å². The number of benzene rings is 1. The molecule has 6 heteroatoms. The third kappa shape index (κ3) is 3.70. The van der Waals surface area contributed by atoms with E-state index in [2.05, 4.69) is 16.0 Å². The van der Waals surface area contributed by atoms with Gasteiger partial charge in [0.05, 0.1) is 23.9 Å². The normalized spacial score (nSPS) is 13.4. The smallest absolute Gasteiger partial charge is 0.152 e. The summed E-state index contributed by atoms with van der Waals surface area (Å²) in [4.78, 5) is 8.17. The van der Waals surface area contributed by atoms with Crippen LogP contribution in [0.25, 0.3) is 0 Å². The highest BCUT2D eigenvalue weighted by Gasteiger charge is 2.28. The van der Waals surface area contributed by atoms with E-state index in [-0.39, 0.29) is 22.8 Å². The van der Waals surface area contributed by atoms with Crippen molar-refractivity contribution in [3.8, 4) is 6.07 Å². The van der Waals surface area contributed by atoms with Crippen LogP contribution in [0.3, 0.4) is 0 Å². The lowest BCUT2D eigenvalue weighted by Gasteiger charge is -2.21. The Labute approximate surface area is 133 Å². The van der Waals surface area contributed by atoms with Crippen LogP contribution in [0.2, 0.25) is 10.3 Å². The van der Waals surface area contributed by atoms with Crippen LogP contribution < -0.4 is 0 Å². The first-order chi connectivity index (χ1) is 10.2. The second-order valence-electron chi connectivity index (χ2n) is 4.51. The fourth-order valence-electron chi connectivity index (χ4n) is 2.26. The SMILES string of the molecule is N#C[C@H](c1ccccc1)[C@@H](CCO)c1ncc(Cl)nc1Cl. The quantitative estimate of drug-likeness (QED) is 0.914. The average Bonchev–Trinajstić information content (AvgIpc) is 2.48. The maximum Gasteiger partial charge on any atom is 0.152 e. The molecule has 1 N–H and O–H groups in total. The number of halogens is 2. The monoisotopic (exact) mass is 321 g/mol. The van der Waals surface area contributed by atoms with Crippen molar-refractivity contribution in [1.82, 2.24) is 9.97 Å². The Morgan fingerprint density at radius 2 is 1.95 bits per heavy atom. The Morgan fingerprint density at radius 1 is 1.24 bits per heavy atom. The first-order valence-electron chi connectivity index (χ1n) is 6.40. The zero-order valence-electron chi connectivity index (χ0n) is 11.1. The van der Waals surface area contributed by atoms with Gasteiger partial charge in [-0.05, 0) is 12.0 Å². The van der Waals surface area contributed by atoms with Crippen LogP contribution in [-0.2, 0) is 0 Å². The lowest BCUT2D eigenvalue weighted by atomic mass is 9.83. The molecule has 2 atom stereocenters. The zero-order valence-corrected chi connectivity index (χ0v) is 12.6. The van der Waals surface area contributed by atoms with Gasteiger partial charge in [0.25, 0.3) is 0 Å². The van der Waals surface area contributed by atoms with Crippen molar-refractivity contribution in [2.75, 3.05) is 6.61 Å². The first-order valence-corrected chi connectivity index (χ1v) is 7.16. The summed E-state index contributed by atoms with van der Waals surface area (Å²) in [6.45, 7) is -0.0731. The molecule has 1 aromatic heterocycles. The summed E-state index contributed by atoms with van der Waals surface area (Å²) in [6, 6.07) is 11.6. The number of rotatable bonds is 5. The summed E-state index contributed by atoms with van der Waals surface area (Å²) in [5.41, 5.74) is 1.33. The van der Waals surface area contributed by atoms with E-state index in [0.717, 1.165) is 5.56 Å². The van der Waals surface area contributed by atoms with Gasteiger partial charge in [-0.1, -0.05) is 53.5 Å². The van der Waals surface area contributed by atoms with Crippen LogP contribution in [0.1, 0.15) is 29.5 Å². The van der Waals surface area contributed by atoms with Crippen LogP contribution in [0.5, 0.6) is 0 Å². The third-order valence-electron chi connectivity index (χ3n) is 3.22. The Balaban J connectivity index is 2.44. The number of aliphatic hydroxyl groups excluding tert-OH is 1. The van der Waals surface area contributed by atoms with E-state index in [9.17, 15) is 10.4 Å². The zero-order chi connectivity index (χ0) is 15.2. The highest BCUT2D eigenvalue weighted by atomic mass is 35.5. The lowest BCUT2D eigenvalue weighted by Crippen LogP contribution is -2.14. The standard InChI is InChI=1S/C15H13Cl2N3O/c16-13-9-19-14(15(17)20-13)11(6-7-21)12(8-18)10-4-2-1-3-5-10/h1-5,9,11-12,21H,6-7H2/t11-,12-/m1/s1. The molecule has 0 aliphatic carbocycles. The molecule has 0 bridgehead atoms. The molecule has 2 rings (SSSR count). The number of aliphatic hydroxyl groups is 1. The predicted molar refractivity (Wildman–Crippen MR) is 81.3 cm³/mol. The van der Waals surface area contributed by atoms with Crippen LogP contribution in [0, 0.1) is 11.3 Å². The molecule has 0 amide bonds. The molecule has 0 fully saturated rings. The predicted octanol–water partition coefficient (Wildman–Crippen LogP) is 3.56. The van der Waals surface area contributed by atoms with E-state index < -0.39 is 5.92 Å². The van der Waals surface area contributed by atoms with Crippen molar-refractivity contribution in [3.63, 3.8) is 0 Å². The molecule has 0 aliphatic heterocycles. The molecular formula is C15H13Cl2N3O. The van der Waals surface area contributed by atoms with Crippen LogP contribution in [0.15, 0.2) is 36.5 Å². The highest BCUT2D eigenvalue weighted by molar-refractivity contribution is 6.32. The van der Waals surface area contributed by atoms with Gasteiger partial charge in [-0.25, -0.2) is 4.98 Å². The van der Waals surface area contributed by atoms with Crippen molar-refractivity contribution >= 4 is 23.2 Å². The maximum absolute atomic E-state index is 9.53. The summed E-state index contributed by atoms with van der Waals surface area (Å²) in [7, 11) is 0. The van der Waals surface area contributed by atoms with E-state index >= 15 is 0 Å². The number of nitriles is 1. The number of nitrogens with zero attached hydrogens (tertiary/aromatic N) is 3. The van der Waals surface area contributed by atoms with Crippen molar-refractivity contribution in [2.24, 2.45) is 0 Å². The summed E-state index contributed by atoms with van der Waals surface area (Å²) in [6.07, 6.45) is 1.76. The second kappa shape index (κ2) is 7.37. The second-order valence-corrected chi connectivity index (χ2v) is 5.25. The molecule has 0 radical (unpaired) electrons. The molecular weight excluding hydrogens is 309 g/mol. The first kappa shape index (κ1) is 15.7. The molecule has 4 nitrogen and oxygen atoms in total. The topological polar surface area (TPSA) is 69.8 Å². The summed E-state index contributed by atoms with van der Waals surface area (Å²) >= 11 is 11.9. The molecule has 0 spiro atoms. The summed E-state index contributed by atoms with van der Waals surface area (Å²) in [5, 5.41) is 19.2. The Kier molecular flexibility index (Phi) is 5.51. The molecule has 21 heavy (non-hydrogen) atoms. The average molecular weight is 322 g/mol. The van der Waals surface area contributed by atoms with Crippen molar-refractivity contribution < 1.29 is 5.11 Å². The van der Waals surface area contributed by atoms with Crippen molar-refractivity contribution in [3.05, 3.63) is 58.1 Å². The van der Waals surface area contributed by atoms with Gasteiger partial charge in [-0.15, -0.1) is 0 Å². The molecule has 1 heterocycles. The van der Waals surface area contributed by atoms with Crippen molar-refractivity contribution in [1.29, 1.82) is 5.26 Å². The molecule has 2 aromatic rings. The highest BCUT2D eigenvalue weighted by Crippen LogP contribution is 2.36. The molecule has 0 unspecified atom stereocenters. The van der Waals surface area contributed by atoms with Crippen LogP contribution >= 0.6 is 23.2 Å². The van der Waals surface area contributed by atoms with Gasteiger partial charge >= 0.3 is 0 Å². The summed E-state index contributed by atoms with van der Waals surface area (Å²) in [5.74, 6) is -0.814. The molecule has 0 saturated carbocycles. The number of hydrogen-bond acceptors (Lipinski definition) is 4. The van der Waals surface area contributed by atoms with Gasteiger partial charge in [0, 0.05) is 12.5 Å². The van der Waals surface area contributed by atoms with Gasteiger partial charge < -0.3 is 5.11 Å².